The summed E-state index contributed by atoms with van der Waals surface area (Å²) in [5.74, 6) is -0.389. The Morgan fingerprint density at radius 1 is 0.966 bits per heavy atom. The number of urea groups is 1. The SMILES string of the molecule is CC(=O)Nc1ccc(Br)c(NC(=O)NCCCCNCCc2ccc(F)cc2)c1. The fraction of sp³-hybridized carbons (Fsp3) is 0.333. The van der Waals surface area contributed by atoms with E-state index in [1.54, 1.807) is 30.3 Å². The Hall–Kier alpha value is -2.45. The van der Waals surface area contributed by atoms with Crippen LogP contribution in [0.1, 0.15) is 25.3 Å². The molecule has 0 bridgehead atoms. The van der Waals surface area contributed by atoms with Gasteiger partial charge in [0.25, 0.3) is 0 Å². The van der Waals surface area contributed by atoms with Gasteiger partial charge >= 0.3 is 6.03 Å². The first-order valence-electron chi connectivity index (χ1n) is 9.51. The van der Waals surface area contributed by atoms with Gasteiger partial charge in [0.1, 0.15) is 5.82 Å². The molecule has 156 valence electrons. The lowest BCUT2D eigenvalue weighted by Gasteiger charge is -2.11. The molecule has 0 aromatic heterocycles. The average molecular weight is 465 g/mol. The fourth-order valence-corrected chi connectivity index (χ4v) is 3.00. The lowest BCUT2D eigenvalue weighted by molar-refractivity contribution is -0.114. The zero-order valence-corrected chi connectivity index (χ0v) is 17.9. The van der Waals surface area contributed by atoms with E-state index in [1.165, 1.54) is 19.1 Å². The maximum absolute atomic E-state index is 12.8. The van der Waals surface area contributed by atoms with Gasteiger partial charge in [-0.3, -0.25) is 4.79 Å². The second kappa shape index (κ2) is 12.2. The molecule has 2 aromatic carbocycles. The first kappa shape index (κ1) is 22.8. The molecule has 8 heteroatoms. The van der Waals surface area contributed by atoms with Crippen molar-refractivity contribution in [3.05, 3.63) is 58.3 Å². The van der Waals surface area contributed by atoms with Crippen molar-refractivity contribution in [2.75, 3.05) is 30.3 Å². The smallest absolute Gasteiger partial charge is 0.319 e. The number of nitrogens with one attached hydrogen (secondary N) is 4. The molecule has 4 N–H and O–H groups in total. The minimum atomic E-state index is -0.296. The van der Waals surface area contributed by atoms with Gasteiger partial charge in [0.2, 0.25) is 5.91 Å². The molecular weight excluding hydrogens is 439 g/mol. The summed E-state index contributed by atoms with van der Waals surface area (Å²) in [7, 11) is 0. The second-order valence-corrected chi connectivity index (χ2v) is 7.44. The number of anilines is 2. The highest BCUT2D eigenvalue weighted by atomic mass is 79.9. The Morgan fingerprint density at radius 2 is 1.69 bits per heavy atom. The van der Waals surface area contributed by atoms with Crippen molar-refractivity contribution < 1.29 is 14.0 Å². The van der Waals surface area contributed by atoms with Crippen LogP contribution >= 0.6 is 15.9 Å². The maximum Gasteiger partial charge on any atom is 0.319 e. The third-order valence-electron chi connectivity index (χ3n) is 4.10. The van der Waals surface area contributed by atoms with Crippen LogP contribution in [0.25, 0.3) is 0 Å². The molecule has 0 aliphatic carbocycles. The minimum absolute atomic E-state index is 0.172. The van der Waals surface area contributed by atoms with Crippen LogP contribution in [0.3, 0.4) is 0 Å². The van der Waals surface area contributed by atoms with Crippen LogP contribution in [-0.4, -0.2) is 31.6 Å². The van der Waals surface area contributed by atoms with Crippen molar-refractivity contribution >= 4 is 39.2 Å². The summed E-state index contributed by atoms with van der Waals surface area (Å²) >= 11 is 3.38. The van der Waals surface area contributed by atoms with Gasteiger partial charge in [-0.15, -0.1) is 0 Å². The molecule has 0 fully saturated rings. The lowest BCUT2D eigenvalue weighted by atomic mass is 10.1. The van der Waals surface area contributed by atoms with E-state index in [-0.39, 0.29) is 17.8 Å². The van der Waals surface area contributed by atoms with Crippen molar-refractivity contribution in [3.63, 3.8) is 0 Å². The van der Waals surface area contributed by atoms with Crippen LogP contribution in [0.4, 0.5) is 20.6 Å². The summed E-state index contributed by atoms with van der Waals surface area (Å²) in [6.45, 7) is 3.68. The van der Waals surface area contributed by atoms with Crippen molar-refractivity contribution in [2.24, 2.45) is 0 Å². The number of hydrogen-bond donors (Lipinski definition) is 4. The molecule has 0 atom stereocenters. The summed E-state index contributed by atoms with van der Waals surface area (Å²) in [5.41, 5.74) is 2.30. The van der Waals surface area contributed by atoms with E-state index in [4.69, 9.17) is 0 Å². The predicted octanol–water partition coefficient (Wildman–Crippen LogP) is 4.28. The standard InChI is InChI=1S/C21H26BrFN4O2/c1-15(28)26-18-8-9-19(22)20(14-18)27-21(29)25-12-3-2-11-24-13-10-16-4-6-17(23)7-5-16/h4-9,14,24H,2-3,10-13H2,1H3,(H,26,28)(H2,25,27,29). The molecule has 3 amide bonds. The Morgan fingerprint density at radius 3 is 2.41 bits per heavy atom. The number of carbonyl (C=O) groups excluding carboxylic acids is 2. The molecule has 0 aliphatic rings. The van der Waals surface area contributed by atoms with Crippen LogP contribution in [0.5, 0.6) is 0 Å². The Balaban J connectivity index is 1.58. The van der Waals surface area contributed by atoms with Crippen LogP contribution < -0.4 is 21.3 Å². The lowest BCUT2D eigenvalue weighted by Crippen LogP contribution is -2.30. The highest BCUT2D eigenvalue weighted by Crippen LogP contribution is 2.26. The Bertz CT molecular complexity index is 815. The minimum Gasteiger partial charge on any atom is -0.338 e. The van der Waals surface area contributed by atoms with Gasteiger partial charge in [0.15, 0.2) is 0 Å². The molecule has 0 heterocycles. The largest absolute Gasteiger partial charge is 0.338 e. The summed E-state index contributed by atoms with van der Waals surface area (Å²) in [5, 5.41) is 11.6. The normalized spacial score (nSPS) is 10.4. The van der Waals surface area contributed by atoms with Gasteiger partial charge < -0.3 is 21.3 Å². The van der Waals surface area contributed by atoms with Gasteiger partial charge in [-0.1, -0.05) is 12.1 Å². The number of amides is 3. The summed E-state index contributed by atoms with van der Waals surface area (Å²) in [6.07, 6.45) is 2.64. The predicted molar refractivity (Wildman–Crippen MR) is 118 cm³/mol. The monoisotopic (exact) mass is 464 g/mol. The van der Waals surface area contributed by atoms with E-state index in [9.17, 15) is 14.0 Å². The van der Waals surface area contributed by atoms with Crippen LogP contribution in [0.2, 0.25) is 0 Å². The molecule has 0 unspecified atom stereocenters. The number of benzene rings is 2. The van der Waals surface area contributed by atoms with Crippen LogP contribution in [-0.2, 0) is 11.2 Å². The molecule has 6 nitrogen and oxygen atoms in total. The number of unbranched alkanes of at least 4 members (excludes halogenated alkanes) is 1. The first-order chi connectivity index (χ1) is 13.9. The third kappa shape index (κ3) is 9.06. The topological polar surface area (TPSA) is 82.3 Å². The van der Waals surface area contributed by atoms with E-state index in [2.05, 4.69) is 37.2 Å². The first-order valence-corrected chi connectivity index (χ1v) is 10.3. The third-order valence-corrected chi connectivity index (χ3v) is 4.80. The highest BCUT2D eigenvalue weighted by molar-refractivity contribution is 9.10. The maximum atomic E-state index is 12.8. The number of rotatable bonds is 10. The van der Waals surface area contributed by atoms with Crippen LogP contribution in [0, 0.1) is 5.82 Å². The molecule has 2 aromatic rings. The second-order valence-electron chi connectivity index (χ2n) is 6.59. The van der Waals surface area contributed by atoms with E-state index >= 15 is 0 Å². The van der Waals surface area contributed by atoms with Crippen LogP contribution in [0.15, 0.2) is 46.9 Å². The van der Waals surface area contributed by atoms with E-state index in [0.29, 0.717) is 17.9 Å². The van der Waals surface area contributed by atoms with Crippen molar-refractivity contribution in [1.29, 1.82) is 0 Å². The molecule has 0 saturated heterocycles. The fourth-order valence-electron chi connectivity index (χ4n) is 2.65. The zero-order valence-electron chi connectivity index (χ0n) is 16.4. The number of hydrogen-bond acceptors (Lipinski definition) is 3. The summed E-state index contributed by atoms with van der Waals surface area (Å²) in [6, 6.07) is 11.4. The number of carbonyl (C=O) groups is 2. The quantitative estimate of drug-likeness (QED) is 0.396. The van der Waals surface area contributed by atoms with Gasteiger partial charge in [-0.25, -0.2) is 9.18 Å². The molecule has 0 spiro atoms. The van der Waals surface area contributed by atoms with E-state index in [0.717, 1.165) is 42.4 Å². The molecule has 0 radical (unpaired) electrons. The summed E-state index contributed by atoms with van der Waals surface area (Å²) < 4.78 is 13.6. The zero-order chi connectivity index (χ0) is 21.1. The Kier molecular flexibility index (Phi) is 9.59. The van der Waals surface area contributed by atoms with Gasteiger partial charge in [0, 0.05) is 23.6 Å². The highest BCUT2D eigenvalue weighted by Gasteiger charge is 2.07. The van der Waals surface area contributed by atoms with Gasteiger partial charge in [-0.2, -0.15) is 0 Å². The molecule has 0 aliphatic heterocycles. The van der Waals surface area contributed by atoms with E-state index < -0.39 is 0 Å². The van der Waals surface area contributed by atoms with Gasteiger partial charge in [-0.05, 0) is 84.2 Å². The van der Waals surface area contributed by atoms with Crippen molar-refractivity contribution in [3.8, 4) is 0 Å². The van der Waals surface area contributed by atoms with Gasteiger partial charge in [0.05, 0.1) is 5.69 Å². The number of halogens is 2. The molecular formula is C21H26BrFN4O2. The van der Waals surface area contributed by atoms with E-state index in [1.807, 2.05) is 0 Å². The molecule has 29 heavy (non-hydrogen) atoms. The summed E-state index contributed by atoms with van der Waals surface area (Å²) in [4.78, 5) is 23.2. The Labute approximate surface area is 178 Å². The molecule has 2 rings (SSSR count). The van der Waals surface area contributed by atoms with Crippen molar-refractivity contribution in [2.45, 2.75) is 26.2 Å². The average Bonchev–Trinajstić information content (AvgIpc) is 2.67. The van der Waals surface area contributed by atoms with Crippen molar-refractivity contribution in [1.82, 2.24) is 10.6 Å². The molecule has 0 saturated carbocycles.